The Hall–Kier alpha value is -1.73. The van der Waals surface area contributed by atoms with Crippen molar-refractivity contribution in [2.45, 2.75) is 30.5 Å². The molecule has 9 nitrogen and oxygen atoms in total. The van der Waals surface area contributed by atoms with Gasteiger partial charge in [0.25, 0.3) is 0 Å². The van der Waals surface area contributed by atoms with Gasteiger partial charge in [0.1, 0.15) is 5.60 Å². The lowest BCUT2D eigenvalue weighted by molar-refractivity contribution is -0.344. The third kappa shape index (κ3) is 2.27. The Morgan fingerprint density at radius 1 is 1.11 bits per heavy atom. The summed E-state index contributed by atoms with van der Waals surface area (Å²) in [5, 5.41) is 38.3. The van der Waals surface area contributed by atoms with Crippen LogP contribution in [0.25, 0.3) is 0 Å². The van der Waals surface area contributed by atoms with E-state index in [0.717, 1.165) is 6.92 Å². The summed E-state index contributed by atoms with van der Waals surface area (Å²) in [6.45, 7) is 0.935. The van der Waals surface area contributed by atoms with Crippen LogP contribution < -0.4 is 15.3 Å². The fourth-order valence-corrected chi connectivity index (χ4v) is 2.44. The first kappa shape index (κ1) is 16.3. The van der Waals surface area contributed by atoms with E-state index in [2.05, 4.69) is 0 Å². The van der Waals surface area contributed by atoms with Crippen LogP contribution in [0.3, 0.4) is 0 Å². The number of hydrogen-bond donors (Lipinski definition) is 1. The molecule has 0 aromatic carbocycles. The van der Waals surface area contributed by atoms with Gasteiger partial charge in [-0.2, -0.15) is 0 Å². The second kappa shape index (κ2) is 5.28. The fourth-order valence-electron chi connectivity index (χ4n) is 1.56. The SMILES string of the molecule is CCC(C(=O)[O-])(P(=O)=O)C(O)(CC(=O)[O-])C(=O)[O-]. The molecule has 0 radical (unpaired) electrons. The number of carboxylic acid groups (broad SMARTS) is 3. The van der Waals surface area contributed by atoms with Gasteiger partial charge in [0.15, 0.2) is 5.16 Å². The van der Waals surface area contributed by atoms with Crippen LogP contribution in [0.1, 0.15) is 19.8 Å². The molecule has 102 valence electrons. The minimum atomic E-state index is -4.06. The van der Waals surface area contributed by atoms with Gasteiger partial charge < -0.3 is 34.8 Å². The highest BCUT2D eigenvalue weighted by Crippen LogP contribution is 2.43. The highest BCUT2D eigenvalue weighted by molar-refractivity contribution is 7.34. The molecule has 0 fully saturated rings. The molecular formula is C8H8O9P-3. The number of carboxylic acids is 3. The zero-order chi connectivity index (χ0) is 14.7. The van der Waals surface area contributed by atoms with Crippen LogP contribution >= 0.6 is 7.68 Å². The van der Waals surface area contributed by atoms with E-state index >= 15 is 0 Å². The molecule has 0 aromatic heterocycles. The van der Waals surface area contributed by atoms with Crippen molar-refractivity contribution in [2.24, 2.45) is 0 Å². The number of aliphatic hydroxyl groups is 1. The summed E-state index contributed by atoms with van der Waals surface area (Å²) in [5.41, 5.74) is -3.69. The van der Waals surface area contributed by atoms with Crippen molar-refractivity contribution in [3.05, 3.63) is 0 Å². The van der Waals surface area contributed by atoms with Crippen molar-refractivity contribution < 1.29 is 43.9 Å². The molecule has 0 aliphatic carbocycles. The van der Waals surface area contributed by atoms with Crippen LogP contribution in [0.15, 0.2) is 0 Å². The fraction of sp³-hybridized carbons (Fsp3) is 0.625. The quantitative estimate of drug-likeness (QED) is 0.451. The zero-order valence-electron chi connectivity index (χ0n) is 9.07. The average molecular weight is 279 g/mol. The molecule has 0 bridgehead atoms. The van der Waals surface area contributed by atoms with Crippen molar-refractivity contribution in [1.29, 1.82) is 0 Å². The molecule has 0 heterocycles. The Morgan fingerprint density at radius 3 is 1.72 bits per heavy atom. The number of carbonyl (C=O) groups excluding carboxylic acids is 3. The molecule has 0 aromatic rings. The molecule has 18 heavy (non-hydrogen) atoms. The van der Waals surface area contributed by atoms with E-state index in [1.807, 2.05) is 0 Å². The van der Waals surface area contributed by atoms with Crippen LogP contribution in [-0.4, -0.2) is 33.8 Å². The number of aliphatic carboxylic acids is 3. The maximum atomic E-state index is 11.0. The topological polar surface area (TPSA) is 175 Å². The van der Waals surface area contributed by atoms with E-state index in [4.69, 9.17) is 0 Å². The van der Waals surface area contributed by atoms with Gasteiger partial charge in [-0.15, -0.1) is 0 Å². The number of hydrogen-bond acceptors (Lipinski definition) is 9. The minimum Gasteiger partial charge on any atom is -0.550 e. The molecule has 0 rings (SSSR count). The van der Waals surface area contributed by atoms with Gasteiger partial charge in [-0.25, -0.2) is 9.13 Å². The lowest BCUT2D eigenvalue weighted by Gasteiger charge is -2.43. The van der Waals surface area contributed by atoms with Gasteiger partial charge in [0.2, 0.25) is 0 Å². The molecule has 1 N–H and O–H groups in total. The molecule has 0 saturated carbocycles. The summed E-state index contributed by atoms with van der Waals surface area (Å²) in [6.07, 6.45) is -2.69. The van der Waals surface area contributed by atoms with E-state index in [-0.39, 0.29) is 0 Å². The first-order chi connectivity index (χ1) is 8.06. The molecule has 0 saturated heterocycles. The molecule has 10 heteroatoms. The minimum absolute atomic E-state index is 0.925. The molecule has 0 amide bonds. The normalized spacial score (nSPS) is 17.2. The van der Waals surface area contributed by atoms with Gasteiger partial charge in [-0.3, -0.25) is 0 Å². The van der Waals surface area contributed by atoms with Crippen molar-refractivity contribution in [1.82, 2.24) is 0 Å². The molecule has 0 aliphatic heterocycles. The molecule has 2 unspecified atom stereocenters. The number of carbonyl (C=O) groups is 3. The van der Waals surface area contributed by atoms with Crippen molar-refractivity contribution in [3.8, 4) is 0 Å². The van der Waals surface area contributed by atoms with Crippen LogP contribution in [0.2, 0.25) is 0 Å². The van der Waals surface area contributed by atoms with E-state index in [1.54, 1.807) is 0 Å². The lowest BCUT2D eigenvalue weighted by Crippen LogP contribution is -2.69. The summed E-state index contributed by atoms with van der Waals surface area (Å²) in [5.74, 6) is -7.15. The third-order valence-electron chi connectivity index (χ3n) is 2.58. The van der Waals surface area contributed by atoms with Gasteiger partial charge in [0, 0.05) is 12.4 Å². The Bertz CT molecular complexity index is 445. The predicted molar refractivity (Wildman–Crippen MR) is 45.9 cm³/mol. The maximum absolute atomic E-state index is 11.0. The zero-order valence-corrected chi connectivity index (χ0v) is 9.97. The molecule has 0 spiro atoms. The summed E-state index contributed by atoms with van der Waals surface area (Å²) in [4.78, 5) is 32.0. The van der Waals surface area contributed by atoms with Gasteiger partial charge in [0.05, 0.1) is 11.9 Å². The Kier molecular flexibility index (Phi) is 4.77. The summed E-state index contributed by atoms with van der Waals surface area (Å²) >= 11 is 0. The third-order valence-corrected chi connectivity index (χ3v) is 4.08. The first-order valence-corrected chi connectivity index (χ1v) is 5.73. The van der Waals surface area contributed by atoms with Crippen molar-refractivity contribution >= 4 is 25.6 Å². The maximum Gasteiger partial charge on any atom is 0.331 e. The highest BCUT2D eigenvalue weighted by atomic mass is 31.1. The summed E-state index contributed by atoms with van der Waals surface area (Å²) in [7, 11) is -4.06. The first-order valence-electron chi connectivity index (χ1n) is 4.55. The van der Waals surface area contributed by atoms with E-state index in [1.165, 1.54) is 0 Å². The Morgan fingerprint density at radius 2 is 1.56 bits per heavy atom. The van der Waals surface area contributed by atoms with Crippen molar-refractivity contribution in [2.75, 3.05) is 0 Å². The standard InChI is InChI=1S/C8H11O9P/c1-2-8(6(13)14,18(16)17)7(15,5(11)12)3-4(9)10/h15H,2-3H2,1H3,(H,9,10)(H,11,12)(H,13,14)/p-3. The van der Waals surface area contributed by atoms with E-state index in [9.17, 15) is 43.9 Å². The van der Waals surface area contributed by atoms with Crippen LogP contribution in [0.5, 0.6) is 0 Å². The number of rotatable bonds is 7. The largest absolute Gasteiger partial charge is 0.550 e. The van der Waals surface area contributed by atoms with E-state index < -0.39 is 49.2 Å². The lowest BCUT2D eigenvalue weighted by atomic mass is 9.81. The molecule has 2 atom stereocenters. The van der Waals surface area contributed by atoms with Crippen LogP contribution in [0.4, 0.5) is 0 Å². The molecule has 0 aliphatic rings. The predicted octanol–water partition coefficient (Wildman–Crippen LogP) is -4.32. The van der Waals surface area contributed by atoms with Crippen LogP contribution in [-0.2, 0) is 23.5 Å². The van der Waals surface area contributed by atoms with Crippen molar-refractivity contribution in [3.63, 3.8) is 0 Å². The van der Waals surface area contributed by atoms with Crippen LogP contribution in [0, 0.1) is 0 Å². The van der Waals surface area contributed by atoms with E-state index in [0.29, 0.717) is 0 Å². The second-order valence-corrected chi connectivity index (χ2v) is 4.73. The summed E-state index contributed by atoms with van der Waals surface area (Å²) < 4.78 is 22.0. The van der Waals surface area contributed by atoms with Gasteiger partial charge >= 0.3 is 7.68 Å². The molecular weight excluding hydrogens is 271 g/mol. The highest BCUT2D eigenvalue weighted by Gasteiger charge is 2.56. The second-order valence-electron chi connectivity index (χ2n) is 3.45. The smallest absolute Gasteiger partial charge is 0.331 e. The Labute approximate surface area is 101 Å². The Balaban J connectivity index is 6.19. The average Bonchev–Trinajstić information content (AvgIpc) is 2.16. The summed E-state index contributed by atoms with van der Waals surface area (Å²) in [6, 6.07) is 0. The van der Waals surface area contributed by atoms with Gasteiger partial charge in [-0.05, 0) is 6.42 Å². The van der Waals surface area contributed by atoms with Gasteiger partial charge in [-0.1, -0.05) is 6.92 Å². The monoisotopic (exact) mass is 279 g/mol.